The molecule has 0 radical (unpaired) electrons. The summed E-state index contributed by atoms with van der Waals surface area (Å²) in [5.74, 6) is 0.322. The predicted molar refractivity (Wildman–Crippen MR) is 82.6 cm³/mol. The Bertz CT molecular complexity index is 734. The van der Waals surface area contributed by atoms with Crippen LogP contribution < -0.4 is 4.74 Å². The monoisotopic (exact) mass is 293 g/mol. The van der Waals surface area contributed by atoms with E-state index >= 15 is 0 Å². The van der Waals surface area contributed by atoms with Crippen LogP contribution >= 0.6 is 0 Å². The maximum absolute atomic E-state index is 11.1. The lowest BCUT2D eigenvalue weighted by atomic mass is 9.52. The number of piperidine rings is 1. The number of hydrogen-bond donors (Lipinski definition) is 1. The third-order valence-electron chi connectivity index (χ3n) is 5.99. The minimum Gasteiger partial charge on any atom is -0.497 e. The van der Waals surface area contributed by atoms with E-state index in [-0.39, 0.29) is 17.1 Å². The molecule has 1 aromatic rings. The van der Waals surface area contributed by atoms with Crippen LogP contribution in [0.2, 0.25) is 0 Å². The Labute approximate surface area is 135 Å². The van der Waals surface area contributed by atoms with Gasteiger partial charge in [-0.3, -0.25) is 0 Å². The minimum atomic E-state index is -2.53. The van der Waals surface area contributed by atoms with Crippen LogP contribution in [0.25, 0.3) is 0 Å². The molecule has 0 amide bonds. The Kier molecular flexibility index (Phi) is 1.92. The Balaban J connectivity index is 1.83. The van der Waals surface area contributed by atoms with Crippen LogP contribution in [0.5, 0.6) is 5.75 Å². The number of likely N-dealkylation sites (tertiary alicyclic amines) is 1. The Hall–Kier alpha value is -1.06. The maximum atomic E-state index is 11.1. The zero-order valence-corrected chi connectivity index (χ0v) is 12.0. The Morgan fingerprint density at radius 1 is 1.38 bits per heavy atom. The Morgan fingerprint density at radius 2 is 2.33 bits per heavy atom. The fourth-order valence-corrected chi connectivity index (χ4v) is 5.09. The molecule has 3 nitrogen and oxygen atoms in total. The molecular weight excluding hydrogens is 262 g/mol. The molecule has 2 aliphatic carbocycles. The van der Waals surface area contributed by atoms with Crippen LogP contribution in [-0.4, -0.2) is 36.6 Å². The van der Waals surface area contributed by atoms with Crippen LogP contribution in [0, 0.1) is 5.92 Å². The standard InChI is InChI=1S/C18H25NO2/c1-19-10-9-18-8-4-3-5-14(18)16(19)17(20)13-7-6-12(21-2)11-15(13)18/h6-7,11,14,16-17,20H,3-5,8-10H2,1-2H3/t14-,16-,17?,18+/m1/s1/i1D3,2D3. The number of methoxy groups -OCH3 is 1. The van der Waals surface area contributed by atoms with Gasteiger partial charge in [0.05, 0.1) is 17.3 Å². The van der Waals surface area contributed by atoms with Crippen molar-refractivity contribution in [2.24, 2.45) is 5.92 Å². The second-order valence-electron chi connectivity index (χ2n) is 6.74. The quantitative estimate of drug-likeness (QED) is 0.864. The number of rotatable bonds is 1. The van der Waals surface area contributed by atoms with Crippen LogP contribution in [0.4, 0.5) is 0 Å². The molecule has 1 N–H and O–H groups in total. The maximum Gasteiger partial charge on any atom is 0.119 e. The highest BCUT2D eigenvalue weighted by molar-refractivity contribution is 5.47. The topological polar surface area (TPSA) is 32.7 Å². The molecule has 1 aromatic carbocycles. The number of aliphatic hydroxyl groups excluding tert-OH is 1. The van der Waals surface area contributed by atoms with Gasteiger partial charge in [-0.25, -0.2) is 0 Å². The van der Waals surface area contributed by atoms with Crippen molar-refractivity contribution >= 4 is 0 Å². The van der Waals surface area contributed by atoms with E-state index in [4.69, 9.17) is 13.0 Å². The van der Waals surface area contributed by atoms with Crippen molar-refractivity contribution in [1.29, 1.82) is 0 Å². The third-order valence-corrected chi connectivity index (χ3v) is 5.99. The lowest BCUT2D eigenvalue weighted by Crippen LogP contribution is -2.61. The summed E-state index contributed by atoms with van der Waals surface area (Å²) in [6.45, 7) is -1.84. The summed E-state index contributed by atoms with van der Waals surface area (Å²) < 4.78 is 51.0. The van der Waals surface area contributed by atoms with Crippen molar-refractivity contribution in [3.05, 3.63) is 29.3 Å². The first-order valence-electron chi connectivity index (χ1n) is 10.8. The van der Waals surface area contributed by atoms with Gasteiger partial charge < -0.3 is 14.7 Å². The molecule has 114 valence electrons. The van der Waals surface area contributed by atoms with Gasteiger partial charge in [0, 0.05) is 15.6 Å². The average molecular weight is 293 g/mol. The zero-order valence-electron chi connectivity index (χ0n) is 18.0. The molecule has 0 aromatic heterocycles. The number of aliphatic hydroxyl groups is 1. The van der Waals surface area contributed by atoms with Gasteiger partial charge in [0.25, 0.3) is 0 Å². The molecule has 3 heteroatoms. The summed E-state index contributed by atoms with van der Waals surface area (Å²) in [7, 11) is -2.53. The smallest absolute Gasteiger partial charge is 0.119 e. The highest BCUT2D eigenvalue weighted by atomic mass is 16.5. The molecule has 4 atom stereocenters. The van der Waals surface area contributed by atoms with Gasteiger partial charge in [-0.05, 0) is 62.0 Å². The minimum absolute atomic E-state index is 0.0472. The first-order valence-corrected chi connectivity index (χ1v) is 7.81. The number of likely N-dealkylation sites (N-methyl/N-ethyl adjacent to an activating group) is 1. The summed E-state index contributed by atoms with van der Waals surface area (Å²) in [5, 5.41) is 11.1. The highest BCUT2D eigenvalue weighted by Crippen LogP contribution is 2.58. The van der Waals surface area contributed by atoms with Gasteiger partial charge >= 0.3 is 0 Å². The summed E-state index contributed by atoms with van der Waals surface area (Å²) in [5.41, 5.74) is 1.45. The fraction of sp³-hybridized carbons (Fsp3) is 0.667. The van der Waals surface area contributed by atoms with Crippen LogP contribution in [0.15, 0.2) is 18.2 Å². The average Bonchev–Trinajstić information content (AvgIpc) is 2.57. The molecule has 2 fully saturated rings. The van der Waals surface area contributed by atoms with Crippen molar-refractivity contribution in [2.45, 2.75) is 49.7 Å². The summed E-state index contributed by atoms with van der Waals surface area (Å²) in [6.07, 6.45) is 3.67. The second kappa shape index (κ2) is 4.72. The molecule has 21 heavy (non-hydrogen) atoms. The van der Waals surface area contributed by atoms with E-state index in [0.29, 0.717) is 18.5 Å². The zero-order chi connectivity index (χ0) is 19.6. The number of nitrogens with zero attached hydrogens (tertiary/aromatic N) is 1. The Morgan fingerprint density at radius 3 is 3.19 bits per heavy atom. The predicted octanol–water partition coefficient (Wildman–Crippen LogP) is 2.87. The number of hydrogen-bond acceptors (Lipinski definition) is 3. The highest BCUT2D eigenvalue weighted by Gasteiger charge is 2.56. The molecule has 4 rings (SSSR count). The van der Waals surface area contributed by atoms with E-state index in [9.17, 15) is 5.11 Å². The fourth-order valence-electron chi connectivity index (χ4n) is 5.09. The van der Waals surface area contributed by atoms with Gasteiger partial charge in [0.1, 0.15) is 5.75 Å². The number of benzene rings is 1. The molecule has 1 unspecified atom stereocenters. The van der Waals surface area contributed by atoms with Gasteiger partial charge in [0.15, 0.2) is 0 Å². The summed E-state index contributed by atoms with van der Waals surface area (Å²) in [4.78, 5) is 1.50. The molecule has 0 spiro atoms. The van der Waals surface area contributed by atoms with Crippen molar-refractivity contribution in [1.82, 2.24) is 4.90 Å². The van der Waals surface area contributed by atoms with E-state index in [1.54, 1.807) is 18.2 Å². The van der Waals surface area contributed by atoms with Gasteiger partial charge in [-0.1, -0.05) is 18.9 Å². The van der Waals surface area contributed by atoms with E-state index in [2.05, 4.69) is 0 Å². The number of fused-ring (bicyclic) bond motifs is 1. The van der Waals surface area contributed by atoms with Gasteiger partial charge in [0.2, 0.25) is 0 Å². The summed E-state index contributed by atoms with van der Waals surface area (Å²) >= 11 is 0. The number of ether oxygens (including phenoxy) is 1. The van der Waals surface area contributed by atoms with E-state index in [1.807, 2.05) is 0 Å². The van der Waals surface area contributed by atoms with Crippen LogP contribution in [0.1, 0.15) is 57.6 Å². The molecular formula is C18H25NO2. The van der Waals surface area contributed by atoms with Crippen LogP contribution in [0.3, 0.4) is 0 Å². The molecule has 1 saturated carbocycles. The summed E-state index contributed by atoms with van der Waals surface area (Å²) in [6, 6.07) is 4.60. The van der Waals surface area contributed by atoms with Gasteiger partial charge in [-0.15, -0.1) is 0 Å². The van der Waals surface area contributed by atoms with Crippen molar-refractivity contribution in [3.63, 3.8) is 0 Å². The van der Waals surface area contributed by atoms with Gasteiger partial charge in [-0.2, -0.15) is 0 Å². The van der Waals surface area contributed by atoms with Crippen molar-refractivity contribution in [2.75, 3.05) is 20.6 Å². The molecule has 2 bridgehead atoms. The largest absolute Gasteiger partial charge is 0.497 e. The van der Waals surface area contributed by atoms with Crippen molar-refractivity contribution < 1.29 is 18.1 Å². The first kappa shape index (κ1) is 8.54. The lowest BCUT2D eigenvalue weighted by Gasteiger charge is -2.59. The third kappa shape index (κ3) is 1.74. The lowest BCUT2D eigenvalue weighted by molar-refractivity contribution is -0.0680. The van der Waals surface area contributed by atoms with E-state index in [1.165, 1.54) is 4.90 Å². The van der Waals surface area contributed by atoms with Crippen LogP contribution in [-0.2, 0) is 5.41 Å². The molecule has 1 aliphatic heterocycles. The van der Waals surface area contributed by atoms with E-state index < -0.39 is 26.2 Å². The molecule has 3 aliphatic rings. The van der Waals surface area contributed by atoms with E-state index in [0.717, 1.165) is 31.2 Å². The molecule has 1 saturated heterocycles. The molecule has 1 heterocycles. The SMILES string of the molecule is [2H]C([2H])([2H])Oc1ccc2c(c1)[C@]13CCCC[C@@H]1[C@H](C2O)N(C([2H])([2H])[2H])CC3. The normalized spacial score (nSPS) is 44.0. The van der Waals surface area contributed by atoms with Crippen molar-refractivity contribution in [3.8, 4) is 5.75 Å². The first-order chi connectivity index (χ1) is 12.5. The second-order valence-corrected chi connectivity index (χ2v) is 6.74.